The Labute approximate surface area is 180 Å². The maximum absolute atomic E-state index is 12.5. The first-order valence-electron chi connectivity index (χ1n) is 9.38. The van der Waals surface area contributed by atoms with E-state index in [2.05, 4.69) is 21.4 Å². The van der Waals surface area contributed by atoms with Crippen LogP contribution in [0.25, 0.3) is 0 Å². The summed E-state index contributed by atoms with van der Waals surface area (Å²) in [5.41, 5.74) is 1.99. The molecule has 3 rings (SSSR count). The quantitative estimate of drug-likeness (QED) is 0.514. The average molecular weight is 446 g/mol. The van der Waals surface area contributed by atoms with E-state index >= 15 is 0 Å². The lowest BCUT2D eigenvalue weighted by molar-refractivity contribution is -0.113. The van der Waals surface area contributed by atoms with Gasteiger partial charge >= 0.3 is 0 Å². The van der Waals surface area contributed by atoms with E-state index in [0.717, 1.165) is 23.0 Å². The van der Waals surface area contributed by atoms with Crippen LogP contribution in [-0.4, -0.2) is 48.4 Å². The highest BCUT2D eigenvalue weighted by molar-refractivity contribution is 8.00. The minimum Gasteiger partial charge on any atom is -0.325 e. The molecular formula is C20H23N5O3S2. The molecule has 0 unspecified atom stereocenters. The summed E-state index contributed by atoms with van der Waals surface area (Å²) in [6.45, 7) is 3.48. The molecular weight excluding hydrogens is 422 g/mol. The van der Waals surface area contributed by atoms with Crippen molar-refractivity contribution in [1.82, 2.24) is 14.3 Å². The van der Waals surface area contributed by atoms with E-state index in [-0.39, 0.29) is 16.6 Å². The lowest BCUT2D eigenvalue weighted by atomic mass is 10.2. The zero-order chi connectivity index (χ0) is 22.1. The third-order valence-corrected chi connectivity index (χ3v) is 7.63. The molecule has 1 N–H and O–H groups in total. The number of nitrogens with zero attached hydrogens (tertiary/aromatic N) is 4. The number of nitriles is 1. The molecule has 0 aliphatic heterocycles. The van der Waals surface area contributed by atoms with E-state index in [1.165, 1.54) is 31.9 Å². The van der Waals surface area contributed by atoms with Gasteiger partial charge in [-0.2, -0.15) is 5.26 Å². The number of sulfonamides is 1. The highest BCUT2D eigenvalue weighted by Gasteiger charge is 2.28. The largest absolute Gasteiger partial charge is 0.325 e. The predicted octanol–water partition coefficient (Wildman–Crippen LogP) is 2.82. The van der Waals surface area contributed by atoms with Gasteiger partial charge in [0.05, 0.1) is 16.3 Å². The van der Waals surface area contributed by atoms with E-state index in [0.29, 0.717) is 33.5 Å². The molecule has 2 aromatic rings. The Morgan fingerprint density at radius 2 is 2.00 bits per heavy atom. The zero-order valence-corrected chi connectivity index (χ0v) is 18.9. The molecule has 8 nitrogen and oxygen atoms in total. The number of hydrogen-bond donors (Lipinski definition) is 1. The Balaban J connectivity index is 1.74. The van der Waals surface area contributed by atoms with Gasteiger partial charge < -0.3 is 5.32 Å². The molecule has 10 heteroatoms. The van der Waals surface area contributed by atoms with Gasteiger partial charge in [-0.3, -0.25) is 4.79 Å². The number of hydrogen-bond acceptors (Lipinski definition) is 7. The van der Waals surface area contributed by atoms with Crippen LogP contribution in [0.5, 0.6) is 0 Å². The van der Waals surface area contributed by atoms with E-state index in [4.69, 9.17) is 0 Å². The second kappa shape index (κ2) is 8.71. The smallest absolute Gasteiger partial charge is 0.242 e. The Morgan fingerprint density at radius 1 is 1.30 bits per heavy atom. The van der Waals surface area contributed by atoms with E-state index in [1.807, 2.05) is 0 Å². The van der Waals surface area contributed by atoms with Gasteiger partial charge in [0.15, 0.2) is 0 Å². The zero-order valence-electron chi connectivity index (χ0n) is 17.3. The maximum Gasteiger partial charge on any atom is 0.242 e. The van der Waals surface area contributed by atoms with E-state index in [9.17, 15) is 18.5 Å². The number of aromatic nitrogens is 2. The third-order valence-electron chi connectivity index (χ3n) is 4.70. The molecule has 1 amide bonds. The summed E-state index contributed by atoms with van der Waals surface area (Å²) < 4.78 is 26.1. The van der Waals surface area contributed by atoms with Crippen molar-refractivity contribution in [1.29, 1.82) is 5.26 Å². The monoisotopic (exact) mass is 445 g/mol. The van der Waals surface area contributed by atoms with Crippen molar-refractivity contribution < 1.29 is 13.2 Å². The van der Waals surface area contributed by atoms with Gasteiger partial charge in [0, 0.05) is 25.7 Å². The topological polar surface area (TPSA) is 116 Å². The van der Waals surface area contributed by atoms with Gasteiger partial charge in [0.2, 0.25) is 15.9 Å². The van der Waals surface area contributed by atoms with Gasteiger partial charge in [0.1, 0.15) is 22.5 Å². The first kappa shape index (κ1) is 22.2. The number of aryl methyl sites for hydroxylation is 2. The van der Waals surface area contributed by atoms with Gasteiger partial charge in [-0.15, -0.1) is 0 Å². The van der Waals surface area contributed by atoms with E-state index < -0.39 is 10.0 Å². The van der Waals surface area contributed by atoms with Crippen LogP contribution in [-0.2, 0) is 14.8 Å². The van der Waals surface area contributed by atoms with Crippen molar-refractivity contribution >= 4 is 33.4 Å². The molecule has 0 radical (unpaired) electrons. The summed E-state index contributed by atoms with van der Waals surface area (Å²) in [7, 11) is -0.695. The van der Waals surface area contributed by atoms with Gasteiger partial charge in [-0.1, -0.05) is 17.8 Å². The van der Waals surface area contributed by atoms with E-state index in [1.54, 1.807) is 26.0 Å². The van der Waals surface area contributed by atoms with Crippen LogP contribution in [0.15, 0.2) is 28.1 Å². The lowest BCUT2D eigenvalue weighted by Gasteiger charge is -2.15. The van der Waals surface area contributed by atoms with Crippen LogP contribution >= 0.6 is 11.8 Å². The van der Waals surface area contributed by atoms with Crippen molar-refractivity contribution in [2.24, 2.45) is 0 Å². The second-order valence-electron chi connectivity index (χ2n) is 7.34. The fourth-order valence-corrected chi connectivity index (χ4v) is 4.79. The Hall–Kier alpha value is -2.48. The van der Waals surface area contributed by atoms with Crippen molar-refractivity contribution in [3.8, 4) is 6.07 Å². The lowest BCUT2D eigenvalue weighted by Crippen LogP contribution is -2.23. The van der Waals surface area contributed by atoms with Crippen LogP contribution in [0.1, 0.15) is 41.4 Å². The minimum absolute atomic E-state index is 0.0406. The van der Waals surface area contributed by atoms with Crippen molar-refractivity contribution in [2.75, 3.05) is 25.2 Å². The molecule has 0 atom stereocenters. The van der Waals surface area contributed by atoms with Crippen LogP contribution < -0.4 is 5.32 Å². The van der Waals surface area contributed by atoms with Crippen molar-refractivity contribution in [2.45, 2.75) is 42.5 Å². The third kappa shape index (κ3) is 4.80. The number of thioether (sulfide) groups is 1. The Morgan fingerprint density at radius 3 is 2.60 bits per heavy atom. The summed E-state index contributed by atoms with van der Waals surface area (Å²) >= 11 is 1.18. The number of rotatable bonds is 7. The molecule has 158 valence electrons. The number of carbonyl (C=O) groups is 1. The Kier molecular flexibility index (Phi) is 6.45. The summed E-state index contributed by atoms with van der Waals surface area (Å²) in [4.78, 5) is 21.5. The Bertz CT molecular complexity index is 1140. The molecule has 1 saturated carbocycles. The van der Waals surface area contributed by atoms with Crippen LogP contribution in [0.2, 0.25) is 0 Å². The van der Waals surface area contributed by atoms with Crippen LogP contribution in [0, 0.1) is 25.2 Å². The van der Waals surface area contributed by atoms with Crippen LogP contribution in [0.3, 0.4) is 0 Å². The predicted molar refractivity (Wildman–Crippen MR) is 115 cm³/mol. The first-order valence-corrected chi connectivity index (χ1v) is 11.8. The number of anilines is 1. The number of carbonyl (C=O) groups excluding carboxylic acids is 1. The standard InChI is InChI=1S/C20H23N5O3S2/c1-12-5-8-15(9-17(12)30(27,28)25(3)4)23-18(26)11-29-20-16(10-21)13(2)22-19(24-20)14-6-7-14/h5,8-9,14H,6-7,11H2,1-4H3,(H,23,26). The van der Waals surface area contributed by atoms with Gasteiger partial charge in [-0.25, -0.2) is 22.7 Å². The minimum atomic E-state index is -3.62. The van der Waals surface area contributed by atoms with Crippen LogP contribution in [0.4, 0.5) is 5.69 Å². The molecule has 0 bridgehead atoms. The highest BCUT2D eigenvalue weighted by atomic mass is 32.2. The fourth-order valence-electron chi connectivity index (χ4n) is 2.81. The molecule has 1 aliphatic carbocycles. The SMILES string of the molecule is Cc1ccc(NC(=O)CSc2nc(C3CC3)nc(C)c2C#N)cc1S(=O)(=O)N(C)C. The number of amides is 1. The maximum atomic E-state index is 12.5. The highest BCUT2D eigenvalue weighted by Crippen LogP contribution is 2.39. The molecule has 1 aromatic carbocycles. The first-order chi connectivity index (χ1) is 14.1. The van der Waals surface area contributed by atoms with Gasteiger partial charge in [-0.05, 0) is 44.4 Å². The normalized spacial score (nSPS) is 13.9. The molecule has 1 aliphatic rings. The van der Waals surface area contributed by atoms with Gasteiger partial charge in [0.25, 0.3) is 0 Å². The fraction of sp³-hybridized carbons (Fsp3) is 0.400. The van der Waals surface area contributed by atoms with Crippen molar-refractivity contribution in [3.05, 3.63) is 40.8 Å². The summed E-state index contributed by atoms with van der Waals surface area (Å²) in [6, 6.07) is 6.88. The molecule has 1 heterocycles. The average Bonchev–Trinajstić information content (AvgIpc) is 3.52. The molecule has 0 spiro atoms. The molecule has 1 aromatic heterocycles. The summed E-state index contributed by atoms with van der Waals surface area (Å²) in [6.07, 6.45) is 2.09. The van der Waals surface area contributed by atoms with Crippen molar-refractivity contribution in [3.63, 3.8) is 0 Å². The number of benzene rings is 1. The molecule has 30 heavy (non-hydrogen) atoms. The molecule has 0 saturated heterocycles. The summed E-state index contributed by atoms with van der Waals surface area (Å²) in [5.74, 6) is 0.796. The number of nitrogens with one attached hydrogen (secondary N) is 1. The summed E-state index contributed by atoms with van der Waals surface area (Å²) in [5, 5.41) is 12.6. The second-order valence-corrected chi connectivity index (χ2v) is 10.4. The molecule has 1 fully saturated rings.